The third-order valence-corrected chi connectivity index (χ3v) is 8.69. The Bertz CT molecular complexity index is 740. The number of carbonyl (C=O) groups excluding carboxylic acids is 1. The Balaban J connectivity index is 1.61. The summed E-state index contributed by atoms with van der Waals surface area (Å²) in [5.74, 6) is -0.626. The lowest BCUT2D eigenvalue weighted by molar-refractivity contribution is -0.376. The van der Waals surface area contributed by atoms with Gasteiger partial charge in [0, 0.05) is 6.42 Å². The Morgan fingerprint density at radius 3 is 1.41 bits per heavy atom. The fourth-order valence-electron chi connectivity index (χ4n) is 5.82. The zero-order chi connectivity index (χ0) is 32.3. The van der Waals surface area contributed by atoms with Gasteiger partial charge in [0.05, 0.1) is 13.2 Å². The lowest BCUT2D eigenvalue weighted by atomic mass is 9.98. The van der Waals surface area contributed by atoms with Crippen molar-refractivity contribution in [3.8, 4) is 0 Å². The summed E-state index contributed by atoms with van der Waals surface area (Å²) in [6.45, 7) is 0.881. The minimum Gasteiger partial charge on any atom is -0.456 e. The highest BCUT2D eigenvalue weighted by molar-refractivity contribution is 5.69. The average molecular weight is 637 g/mol. The van der Waals surface area contributed by atoms with Crippen molar-refractivity contribution in [3.63, 3.8) is 0 Å². The maximum Gasteiger partial charge on any atom is 0.306 e. The van der Waals surface area contributed by atoms with Crippen LogP contribution < -0.4 is 0 Å². The van der Waals surface area contributed by atoms with Gasteiger partial charge in [0.15, 0.2) is 18.7 Å². The summed E-state index contributed by atoms with van der Waals surface area (Å²) in [6.07, 6.45) is 5.22. The topological polar surface area (TPSA) is 196 Å². The van der Waals surface area contributed by atoms with Crippen molar-refractivity contribution in [2.24, 2.45) is 0 Å². The minimum atomic E-state index is -1.76. The first-order valence-electron chi connectivity index (χ1n) is 17.0. The van der Waals surface area contributed by atoms with Crippen LogP contribution in [0, 0.1) is 0 Å². The van der Waals surface area contributed by atoms with E-state index in [4.69, 9.17) is 18.9 Å². The smallest absolute Gasteiger partial charge is 0.306 e. The molecule has 2 aliphatic rings. The van der Waals surface area contributed by atoms with Gasteiger partial charge in [0.25, 0.3) is 0 Å². The predicted molar refractivity (Wildman–Crippen MR) is 161 cm³/mol. The molecule has 7 N–H and O–H groups in total. The lowest BCUT2D eigenvalue weighted by Crippen LogP contribution is -2.64. The van der Waals surface area contributed by atoms with Crippen LogP contribution >= 0.6 is 0 Å². The van der Waals surface area contributed by atoms with E-state index in [1.54, 1.807) is 0 Å². The molecule has 0 aliphatic carbocycles. The van der Waals surface area contributed by atoms with Gasteiger partial charge in [-0.3, -0.25) is 4.79 Å². The predicted octanol–water partition coefficient (Wildman–Crippen LogP) is 2.20. The van der Waals surface area contributed by atoms with Crippen LogP contribution in [0.5, 0.6) is 0 Å². The van der Waals surface area contributed by atoms with Gasteiger partial charge in [0.1, 0.15) is 42.7 Å². The second kappa shape index (κ2) is 22.6. The van der Waals surface area contributed by atoms with E-state index in [2.05, 4.69) is 6.92 Å². The molecule has 0 aromatic carbocycles. The highest BCUT2D eigenvalue weighted by Crippen LogP contribution is 2.29. The molecule has 0 spiro atoms. The second-order valence-electron chi connectivity index (χ2n) is 12.4. The quantitative estimate of drug-likeness (QED) is 0.0639. The molecule has 0 bridgehead atoms. The molecule has 0 aromatic heterocycles. The van der Waals surface area contributed by atoms with Crippen LogP contribution in [0.25, 0.3) is 0 Å². The molecule has 2 heterocycles. The first-order valence-corrected chi connectivity index (χ1v) is 17.0. The number of esters is 1. The van der Waals surface area contributed by atoms with E-state index in [1.165, 1.54) is 83.5 Å². The van der Waals surface area contributed by atoms with Crippen LogP contribution in [0.4, 0.5) is 0 Å². The van der Waals surface area contributed by atoms with Crippen LogP contribution in [0.2, 0.25) is 0 Å². The fourth-order valence-corrected chi connectivity index (χ4v) is 5.82. The molecular weight excluding hydrogens is 576 g/mol. The third kappa shape index (κ3) is 13.4. The van der Waals surface area contributed by atoms with Gasteiger partial charge in [0.2, 0.25) is 0 Å². The molecule has 2 fully saturated rings. The molecule has 0 radical (unpaired) electrons. The zero-order valence-electron chi connectivity index (χ0n) is 26.6. The SMILES string of the molecule is CCCCCCCCCCCCCCCCCCCC(=O)O[C@@H]1[C@@H](O)[C@@H](O[C@H]2O[C@H](CO)[C@@H](O)[C@H](O)[C@H]2O)O[C@H](CO)[C@H]1O. The monoisotopic (exact) mass is 636 g/mol. The number of rotatable bonds is 23. The summed E-state index contributed by atoms with van der Waals surface area (Å²) in [5, 5.41) is 70.5. The van der Waals surface area contributed by atoms with E-state index < -0.39 is 80.6 Å². The van der Waals surface area contributed by atoms with Crippen LogP contribution in [-0.4, -0.2) is 116 Å². The third-order valence-electron chi connectivity index (χ3n) is 8.69. The standard InChI is InChI=1S/C32H60O12/c1-2-3-4-5-6-7-8-9-10-11-12-13-14-15-16-17-18-19-24(35)43-30-26(37)23(21-34)42-32(29(30)40)44-31-28(39)27(38)25(36)22(20-33)41-31/h22-23,25-34,36-40H,2-21H2,1H3/t22-,23-,25-,26-,27+,28-,29-,30+,31-,32-/m1/s1. The highest BCUT2D eigenvalue weighted by Gasteiger charge is 2.51. The maximum absolute atomic E-state index is 12.5. The van der Waals surface area contributed by atoms with Crippen molar-refractivity contribution in [3.05, 3.63) is 0 Å². The largest absolute Gasteiger partial charge is 0.456 e. The molecule has 2 rings (SSSR count). The number of carbonyl (C=O) groups is 1. The van der Waals surface area contributed by atoms with Crippen molar-refractivity contribution < 1.29 is 59.5 Å². The number of unbranched alkanes of at least 4 members (excludes halogenated alkanes) is 16. The molecule has 12 nitrogen and oxygen atoms in total. The Kier molecular flexibility index (Phi) is 20.1. The van der Waals surface area contributed by atoms with Crippen molar-refractivity contribution in [1.82, 2.24) is 0 Å². The lowest BCUT2D eigenvalue weighted by Gasteiger charge is -2.45. The maximum atomic E-state index is 12.5. The molecule has 2 saturated heterocycles. The average Bonchev–Trinajstić information content (AvgIpc) is 3.02. The molecule has 0 saturated carbocycles. The van der Waals surface area contributed by atoms with Crippen LogP contribution in [-0.2, 0) is 23.7 Å². The number of hydrogen-bond donors (Lipinski definition) is 7. The van der Waals surface area contributed by atoms with Crippen molar-refractivity contribution in [1.29, 1.82) is 0 Å². The Labute approximate surface area is 262 Å². The number of aliphatic hydroxyl groups is 7. The Hall–Kier alpha value is -0.930. The molecule has 260 valence electrons. The summed E-state index contributed by atoms with van der Waals surface area (Å²) in [6, 6.07) is 0. The second-order valence-corrected chi connectivity index (χ2v) is 12.4. The summed E-state index contributed by atoms with van der Waals surface area (Å²) in [7, 11) is 0. The van der Waals surface area contributed by atoms with Gasteiger partial charge in [-0.25, -0.2) is 0 Å². The molecule has 0 amide bonds. The van der Waals surface area contributed by atoms with Gasteiger partial charge < -0.3 is 54.7 Å². The highest BCUT2D eigenvalue weighted by atomic mass is 16.8. The van der Waals surface area contributed by atoms with E-state index in [0.717, 1.165) is 19.3 Å². The number of aliphatic hydroxyl groups excluding tert-OH is 7. The van der Waals surface area contributed by atoms with Gasteiger partial charge in [-0.05, 0) is 6.42 Å². The first-order chi connectivity index (χ1) is 21.2. The molecular formula is C32H60O12. The summed E-state index contributed by atoms with van der Waals surface area (Å²) < 4.78 is 21.5. The van der Waals surface area contributed by atoms with Crippen molar-refractivity contribution >= 4 is 5.97 Å². The van der Waals surface area contributed by atoms with Crippen LogP contribution in [0.1, 0.15) is 122 Å². The molecule has 2 aliphatic heterocycles. The molecule has 0 unspecified atom stereocenters. The van der Waals surface area contributed by atoms with Gasteiger partial charge in [-0.15, -0.1) is 0 Å². The van der Waals surface area contributed by atoms with Crippen LogP contribution in [0.15, 0.2) is 0 Å². The normalized spacial score (nSPS) is 32.5. The van der Waals surface area contributed by atoms with Gasteiger partial charge in [-0.1, -0.05) is 110 Å². The molecule has 12 heteroatoms. The van der Waals surface area contributed by atoms with E-state index in [1.807, 2.05) is 0 Å². The van der Waals surface area contributed by atoms with E-state index >= 15 is 0 Å². The first kappa shape index (κ1) is 39.2. The Morgan fingerprint density at radius 2 is 0.955 bits per heavy atom. The van der Waals surface area contributed by atoms with Crippen LogP contribution in [0.3, 0.4) is 0 Å². The summed E-state index contributed by atoms with van der Waals surface area (Å²) in [5.41, 5.74) is 0. The number of ether oxygens (including phenoxy) is 4. The Morgan fingerprint density at radius 1 is 0.545 bits per heavy atom. The van der Waals surface area contributed by atoms with Gasteiger partial charge in [-0.2, -0.15) is 0 Å². The minimum absolute atomic E-state index is 0.0947. The molecule has 10 atom stereocenters. The fraction of sp³-hybridized carbons (Fsp3) is 0.969. The van der Waals surface area contributed by atoms with E-state index in [0.29, 0.717) is 6.42 Å². The molecule has 44 heavy (non-hydrogen) atoms. The van der Waals surface area contributed by atoms with E-state index in [9.17, 15) is 40.5 Å². The molecule has 0 aromatic rings. The van der Waals surface area contributed by atoms with E-state index in [-0.39, 0.29) is 6.42 Å². The number of hydrogen-bond acceptors (Lipinski definition) is 12. The van der Waals surface area contributed by atoms with Crippen molar-refractivity contribution in [2.75, 3.05) is 13.2 Å². The zero-order valence-corrected chi connectivity index (χ0v) is 26.6. The summed E-state index contributed by atoms with van der Waals surface area (Å²) >= 11 is 0. The van der Waals surface area contributed by atoms with Gasteiger partial charge >= 0.3 is 5.97 Å². The van der Waals surface area contributed by atoms with Crippen molar-refractivity contribution in [2.45, 2.75) is 184 Å². The summed E-state index contributed by atoms with van der Waals surface area (Å²) in [4.78, 5) is 12.5.